The Kier molecular flexibility index (Phi) is 2.99. The van der Waals surface area contributed by atoms with Gasteiger partial charge in [0.25, 0.3) is 0 Å². The minimum absolute atomic E-state index is 0.647. The summed E-state index contributed by atoms with van der Waals surface area (Å²) in [4.78, 5) is 7.14. The molecule has 2 heterocycles. The van der Waals surface area contributed by atoms with Crippen LogP contribution in [-0.4, -0.2) is 45.8 Å². The first kappa shape index (κ1) is 12.0. The highest BCUT2D eigenvalue weighted by Gasteiger charge is 2.34. The minimum Gasteiger partial charge on any atom is -0.353 e. The lowest BCUT2D eigenvalue weighted by atomic mass is 10.1. The summed E-state index contributed by atoms with van der Waals surface area (Å²) in [5, 5.41) is 11.7. The number of hydrogen-bond donors (Lipinski definition) is 1. The van der Waals surface area contributed by atoms with Crippen LogP contribution in [0.2, 0.25) is 0 Å². The molecular weight excluding hydrogens is 250 g/mol. The molecule has 1 saturated heterocycles. The monoisotopic (exact) mass is 269 g/mol. The van der Waals surface area contributed by atoms with Crippen molar-refractivity contribution in [2.45, 2.75) is 25.3 Å². The largest absolute Gasteiger partial charge is 0.353 e. The molecule has 2 aliphatic rings. The van der Waals surface area contributed by atoms with Crippen LogP contribution in [0.15, 0.2) is 24.3 Å². The van der Waals surface area contributed by atoms with E-state index in [1.54, 1.807) is 0 Å². The fourth-order valence-electron chi connectivity index (χ4n) is 2.99. The van der Waals surface area contributed by atoms with Gasteiger partial charge in [-0.1, -0.05) is 12.1 Å². The Bertz CT molecular complexity index is 610. The van der Waals surface area contributed by atoms with E-state index >= 15 is 0 Å². The smallest absolute Gasteiger partial charge is 0.243 e. The number of hydrogen-bond acceptors (Lipinski definition) is 5. The van der Waals surface area contributed by atoms with Crippen LogP contribution in [0.1, 0.15) is 19.3 Å². The van der Waals surface area contributed by atoms with Crippen molar-refractivity contribution >= 4 is 17.0 Å². The predicted octanol–water partition coefficient (Wildman–Crippen LogP) is 1.92. The quantitative estimate of drug-likeness (QED) is 0.919. The molecule has 1 aromatic heterocycles. The van der Waals surface area contributed by atoms with Crippen molar-refractivity contribution in [2.75, 3.05) is 25.0 Å². The van der Waals surface area contributed by atoms with Crippen molar-refractivity contribution < 1.29 is 0 Å². The zero-order valence-corrected chi connectivity index (χ0v) is 11.5. The molecule has 20 heavy (non-hydrogen) atoms. The van der Waals surface area contributed by atoms with E-state index in [1.165, 1.54) is 32.4 Å². The fourth-order valence-corrected chi connectivity index (χ4v) is 2.99. The molecule has 1 aliphatic heterocycles. The maximum atomic E-state index is 4.50. The highest BCUT2D eigenvalue weighted by atomic mass is 15.2. The lowest BCUT2D eigenvalue weighted by molar-refractivity contribution is 0.316. The summed E-state index contributed by atoms with van der Waals surface area (Å²) in [6.45, 7) is 3.43. The molecule has 1 aromatic carbocycles. The predicted molar refractivity (Wildman–Crippen MR) is 78.5 cm³/mol. The molecule has 1 unspecified atom stereocenters. The summed E-state index contributed by atoms with van der Waals surface area (Å²) >= 11 is 0. The fraction of sp³-hybridized carbons (Fsp3) is 0.533. The summed E-state index contributed by atoms with van der Waals surface area (Å²) in [6, 6.07) is 8.73. The number of rotatable bonds is 4. The van der Waals surface area contributed by atoms with Gasteiger partial charge in [-0.05, 0) is 43.9 Å². The molecule has 0 radical (unpaired) electrons. The molecule has 0 amide bonds. The zero-order chi connectivity index (χ0) is 13.4. The van der Waals surface area contributed by atoms with Gasteiger partial charge in [0, 0.05) is 19.1 Å². The average molecular weight is 269 g/mol. The van der Waals surface area contributed by atoms with Gasteiger partial charge in [0.2, 0.25) is 5.95 Å². The highest BCUT2D eigenvalue weighted by Crippen LogP contribution is 2.31. The molecule has 1 N–H and O–H groups in total. The van der Waals surface area contributed by atoms with E-state index in [4.69, 9.17) is 0 Å². The number of fused-ring (bicyclic) bond motifs is 1. The standard InChI is InChI=1S/C15H19N5/c1-2-4-14-13(3-1)17-15(19-18-14)16-9-11-7-8-20(10-11)12-5-6-12/h1-4,11-12H,5-10H2,(H,16,17,19). The van der Waals surface area contributed by atoms with Crippen molar-refractivity contribution in [3.05, 3.63) is 24.3 Å². The number of aromatic nitrogens is 3. The van der Waals surface area contributed by atoms with E-state index in [0.29, 0.717) is 11.9 Å². The van der Waals surface area contributed by atoms with Crippen LogP contribution in [0.25, 0.3) is 11.0 Å². The maximum Gasteiger partial charge on any atom is 0.243 e. The maximum absolute atomic E-state index is 4.50. The lowest BCUT2D eigenvalue weighted by Gasteiger charge is -2.15. The van der Waals surface area contributed by atoms with Crippen LogP contribution >= 0.6 is 0 Å². The molecule has 1 aliphatic carbocycles. The van der Waals surface area contributed by atoms with Gasteiger partial charge in [-0.2, -0.15) is 0 Å². The Labute approximate surface area is 118 Å². The minimum atomic E-state index is 0.647. The number of para-hydroxylation sites is 1. The Balaban J connectivity index is 1.38. The molecule has 2 fully saturated rings. The molecule has 2 aromatic rings. The van der Waals surface area contributed by atoms with Gasteiger partial charge in [0.05, 0.1) is 5.52 Å². The third-order valence-corrected chi connectivity index (χ3v) is 4.29. The second-order valence-corrected chi connectivity index (χ2v) is 5.89. The third-order valence-electron chi connectivity index (χ3n) is 4.29. The van der Waals surface area contributed by atoms with Crippen LogP contribution in [0.3, 0.4) is 0 Å². The first-order valence-corrected chi connectivity index (χ1v) is 7.46. The highest BCUT2D eigenvalue weighted by molar-refractivity contribution is 5.73. The number of likely N-dealkylation sites (tertiary alicyclic amines) is 1. The molecule has 1 saturated carbocycles. The van der Waals surface area contributed by atoms with Crippen molar-refractivity contribution in [3.63, 3.8) is 0 Å². The Morgan fingerprint density at radius 2 is 1.95 bits per heavy atom. The molecule has 4 rings (SSSR count). The van der Waals surface area contributed by atoms with Crippen LogP contribution in [0.4, 0.5) is 5.95 Å². The second kappa shape index (κ2) is 4.98. The topological polar surface area (TPSA) is 53.9 Å². The van der Waals surface area contributed by atoms with Crippen molar-refractivity contribution in [1.29, 1.82) is 0 Å². The van der Waals surface area contributed by atoms with Gasteiger partial charge in [0.15, 0.2) is 0 Å². The Morgan fingerprint density at radius 1 is 1.10 bits per heavy atom. The average Bonchev–Trinajstić information content (AvgIpc) is 3.24. The van der Waals surface area contributed by atoms with E-state index in [2.05, 4.69) is 25.4 Å². The van der Waals surface area contributed by atoms with E-state index in [0.717, 1.165) is 23.6 Å². The summed E-state index contributed by atoms with van der Waals surface area (Å²) < 4.78 is 0. The van der Waals surface area contributed by atoms with Crippen molar-refractivity contribution in [3.8, 4) is 0 Å². The second-order valence-electron chi connectivity index (χ2n) is 5.89. The van der Waals surface area contributed by atoms with Crippen LogP contribution in [0.5, 0.6) is 0 Å². The molecule has 0 bridgehead atoms. The van der Waals surface area contributed by atoms with E-state index in [9.17, 15) is 0 Å². The first-order chi connectivity index (χ1) is 9.88. The summed E-state index contributed by atoms with van der Waals surface area (Å²) in [5.74, 6) is 1.36. The van der Waals surface area contributed by atoms with Gasteiger partial charge >= 0.3 is 0 Å². The van der Waals surface area contributed by atoms with Gasteiger partial charge in [-0.25, -0.2) is 4.98 Å². The number of benzene rings is 1. The number of nitrogens with one attached hydrogen (secondary N) is 1. The van der Waals surface area contributed by atoms with Gasteiger partial charge in [0.1, 0.15) is 5.52 Å². The molecule has 104 valence electrons. The van der Waals surface area contributed by atoms with E-state index in [1.807, 2.05) is 24.3 Å². The van der Waals surface area contributed by atoms with Gasteiger partial charge < -0.3 is 10.2 Å². The normalized spacial score (nSPS) is 23.3. The Morgan fingerprint density at radius 3 is 2.80 bits per heavy atom. The SMILES string of the molecule is c1ccc2nc(NCC3CCN(C4CC4)C3)nnc2c1. The third kappa shape index (κ3) is 2.45. The molecule has 5 nitrogen and oxygen atoms in total. The molecule has 0 spiro atoms. The summed E-state index contributed by atoms with van der Waals surface area (Å²) in [7, 11) is 0. The van der Waals surface area contributed by atoms with E-state index in [-0.39, 0.29) is 0 Å². The number of anilines is 1. The van der Waals surface area contributed by atoms with E-state index < -0.39 is 0 Å². The first-order valence-electron chi connectivity index (χ1n) is 7.46. The lowest BCUT2D eigenvalue weighted by Crippen LogP contribution is -2.25. The summed E-state index contributed by atoms with van der Waals surface area (Å²) in [6.07, 6.45) is 4.08. The van der Waals surface area contributed by atoms with Crippen molar-refractivity contribution in [2.24, 2.45) is 5.92 Å². The van der Waals surface area contributed by atoms with Gasteiger partial charge in [-0.15, -0.1) is 10.2 Å². The summed E-state index contributed by atoms with van der Waals surface area (Å²) in [5.41, 5.74) is 1.75. The number of nitrogens with zero attached hydrogens (tertiary/aromatic N) is 4. The molecular formula is C15H19N5. The molecule has 5 heteroatoms. The van der Waals surface area contributed by atoms with Gasteiger partial charge in [-0.3, -0.25) is 0 Å². The molecule has 1 atom stereocenters. The zero-order valence-electron chi connectivity index (χ0n) is 11.5. The van der Waals surface area contributed by atoms with Crippen molar-refractivity contribution in [1.82, 2.24) is 20.1 Å². The van der Waals surface area contributed by atoms with Crippen LogP contribution < -0.4 is 5.32 Å². The van der Waals surface area contributed by atoms with Crippen LogP contribution in [-0.2, 0) is 0 Å². The van der Waals surface area contributed by atoms with Crippen LogP contribution in [0, 0.1) is 5.92 Å². The Hall–Kier alpha value is -1.75.